The lowest BCUT2D eigenvalue weighted by Gasteiger charge is -2.14. The first-order valence-electron chi connectivity index (χ1n) is 17.2. The third kappa shape index (κ3) is 4.44. The molecule has 0 N–H and O–H groups in total. The van der Waals surface area contributed by atoms with Crippen LogP contribution in [-0.2, 0) is 0 Å². The summed E-state index contributed by atoms with van der Waals surface area (Å²) in [6, 6.07) is 53.5. The Hall–Kier alpha value is -7.18. The van der Waals surface area contributed by atoms with Crippen LogP contribution >= 0.6 is 0 Å². The number of fused-ring (bicyclic) bond motifs is 10. The van der Waals surface area contributed by atoms with E-state index in [4.69, 9.17) is 28.8 Å². The zero-order valence-electron chi connectivity index (χ0n) is 27.6. The molecule has 0 unspecified atom stereocenters. The van der Waals surface area contributed by atoms with Crippen LogP contribution in [0.5, 0.6) is 0 Å². The molecule has 0 atom stereocenters. The maximum atomic E-state index is 6.57. The zero-order chi connectivity index (χ0) is 34.2. The van der Waals surface area contributed by atoms with Crippen molar-refractivity contribution in [2.45, 2.75) is 0 Å². The van der Waals surface area contributed by atoms with Crippen LogP contribution in [0, 0.1) is 0 Å². The second-order valence-corrected chi connectivity index (χ2v) is 13.0. The van der Waals surface area contributed by atoms with Gasteiger partial charge in [0.05, 0.1) is 0 Å². The average Bonchev–Trinajstić information content (AvgIpc) is 3.83. The number of hydrogen-bond acceptors (Lipinski definition) is 6. The molecule has 0 aliphatic rings. The summed E-state index contributed by atoms with van der Waals surface area (Å²) < 4.78 is 12.8. The third-order valence-corrected chi connectivity index (χ3v) is 9.92. The summed E-state index contributed by atoms with van der Waals surface area (Å²) in [7, 11) is 0. The van der Waals surface area contributed by atoms with E-state index >= 15 is 0 Å². The van der Waals surface area contributed by atoms with Gasteiger partial charge in [0, 0.05) is 43.8 Å². The number of nitrogens with zero attached hydrogens (tertiary/aromatic N) is 4. The molecule has 6 heteroatoms. The van der Waals surface area contributed by atoms with Gasteiger partial charge in [0.1, 0.15) is 16.7 Å². The first-order chi connectivity index (χ1) is 25.7. The maximum absolute atomic E-state index is 6.57. The molecule has 0 radical (unpaired) electrons. The van der Waals surface area contributed by atoms with E-state index in [1.54, 1.807) is 0 Å². The molecule has 8 aromatic carbocycles. The standard InChI is InChI=1S/C46H26N4O2/c1-3-11-28(12-4-1)43-48-44(31-21-23-34-33-16-9-10-18-38(33)51-39(34)26-31)50-45(49-43)36-25-30-20-19-27-22-24-37-42(52-46(47-37)29-13-5-2-6-14-29)41(27)40(30)35-17-8-7-15-32(35)36/h1-26H. The van der Waals surface area contributed by atoms with Gasteiger partial charge in [0.2, 0.25) is 5.89 Å². The molecule has 242 valence electrons. The van der Waals surface area contributed by atoms with E-state index in [0.29, 0.717) is 23.4 Å². The molecule has 0 amide bonds. The molecule has 0 aliphatic carbocycles. The topological polar surface area (TPSA) is 77.8 Å². The van der Waals surface area contributed by atoms with Crippen LogP contribution in [0.3, 0.4) is 0 Å². The summed E-state index contributed by atoms with van der Waals surface area (Å²) in [5.74, 6) is 2.37. The molecule has 0 aliphatic heterocycles. The van der Waals surface area contributed by atoms with Crippen LogP contribution in [0.25, 0.3) is 111 Å². The SMILES string of the molecule is c1ccc(-c2nc(-c3ccc4c(c3)oc3ccccc34)nc(-c3cc4ccc5ccc6nc(-c7ccccc7)oc6c5c4c4ccccc34)n2)cc1. The van der Waals surface area contributed by atoms with Crippen LogP contribution < -0.4 is 0 Å². The van der Waals surface area contributed by atoms with Gasteiger partial charge in [-0.2, -0.15) is 0 Å². The smallest absolute Gasteiger partial charge is 0.227 e. The Labute approximate surface area is 296 Å². The van der Waals surface area contributed by atoms with E-state index in [2.05, 4.69) is 66.7 Å². The van der Waals surface area contributed by atoms with Crippen molar-refractivity contribution in [2.75, 3.05) is 0 Å². The molecule has 0 saturated carbocycles. The summed E-state index contributed by atoms with van der Waals surface area (Å²) in [5, 5.41) is 8.53. The van der Waals surface area contributed by atoms with Gasteiger partial charge in [-0.3, -0.25) is 0 Å². The lowest BCUT2D eigenvalue weighted by Crippen LogP contribution is -2.00. The van der Waals surface area contributed by atoms with Crippen molar-refractivity contribution in [3.05, 3.63) is 158 Å². The van der Waals surface area contributed by atoms with Crippen LogP contribution in [0.4, 0.5) is 0 Å². The average molecular weight is 667 g/mol. The van der Waals surface area contributed by atoms with E-state index in [0.717, 1.165) is 87.6 Å². The molecule has 0 fully saturated rings. The highest BCUT2D eigenvalue weighted by molar-refractivity contribution is 6.28. The minimum Gasteiger partial charge on any atom is -0.456 e. The third-order valence-electron chi connectivity index (χ3n) is 9.92. The van der Waals surface area contributed by atoms with Gasteiger partial charge in [0.25, 0.3) is 0 Å². The maximum Gasteiger partial charge on any atom is 0.227 e. The lowest BCUT2D eigenvalue weighted by molar-refractivity contribution is 0.623. The normalized spacial score (nSPS) is 11.8. The first kappa shape index (κ1) is 28.6. The first-order valence-corrected chi connectivity index (χ1v) is 17.2. The van der Waals surface area contributed by atoms with Crippen molar-refractivity contribution in [1.29, 1.82) is 0 Å². The van der Waals surface area contributed by atoms with Crippen molar-refractivity contribution in [3.63, 3.8) is 0 Å². The van der Waals surface area contributed by atoms with Gasteiger partial charge in [-0.1, -0.05) is 115 Å². The second kappa shape index (κ2) is 11.2. The fourth-order valence-electron chi connectivity index (χ4n) is 7.49. The Morgan fingerprint density at radius 2 is 1.00 bits per heavy atom. The monoisotopic (exact) mass is 666 g/mol. The number of benzene rings is 8. The number of oxazole rings is 1. The van der Waals surface area contributed by atoms with Crippen molar-refractivity contribution >= 4 is 65.4 Å². The fraction of sp³-hybridized carbons (Fsp3) is 0. The van der Waals surface area contributed by atoms with Crippen molar-refractivity contribution in [2.24, 2.45) is 0 Å². The predicted molar refractivity (Wildman–Crippen MR) is 209 cm³/mol. The summed E-state index contributed by atoms with van der Waals surface area (Å²) in [5.41, 5.74) is 6.86. The van der Waals surface area contributed by atoms with Gasteiger partial charge >= 0.3 is 0 Å². The van der Waals surface area contributed by atoms with Gasteiger partial charge in [0.15, 0.2) is 23.1 Å². The van der Waals surface area contributed by atoms with E-state index in [1.165, 1.54) is 0 Å². The Morgan fingerprint density at radius 1 is 0.365 bits per heavy atom. The number of para-hydroxylation sites is 1. The second-order valence-electron chi connectivity index (χ2n) is 13.0. The molecule has 3 aromatic heterocycles. The number of hydrogen-bond donors (Lipinski definition) is 0. The fourth-order valence-corrected chi connectivity index (χ4v) is 7.49. The van der Waals surface area contributed by atoms with E-state index in [9.17, 15) is 0 Å². The molecular weight excluding hydrogens is 641 g/mol. The van der Waals surface area contributed by atoms with E-state index < -0.39 is 0 Å². The van der Waals surface area contributed by atoms with Gasteiger partial charge in [-0.05, 0) is 64.0 Å². The minimum absolute atomic E-state index is 0.575. The number of aromatic nitrogens is 4. The summed E-state index contributed by atoms with van der Waals surface area (Å²) in [4.78, 5) is 20.2. The Balaban J connectivity index is 1.16. The van der Waals surface area contributed by atoms with Gasteiger partial charge < -0.3 is 8.83 Å². The van der Waals surface area contributed by atoms with E-state index in [1.807, 2.05) is 91.0 Å². The van der Waals surface area contributed by atoms with E-state index in [-0.39, 0.29) is 0 Å². The Morgan fingerprint density at radius 3 is 1.83 bits per heavy atom. The molecule has 0 bridgehead atoms. The van der Waals surface area contributed by atoms with Crippen LogP contribution in [-0.4, -0.2) is 19.9 Å². The molecule has 11 rings (SSSR count). The lowest BCUT2D eigenvalue weighted by atomic mass is 9.92. The van der Waals surface area contributed by atoms with Crippen LogP contribution in [0.1, 0.15) is 0 Å². The Bertz CT molecular complexity index is 3180. The quantitative estimate of drug-likeness (QED) is 0.174. The van der Waals surface area contributed by atoms with Crippen molar-refractivity contribution in [3.8, 4) is 45.6 Å². The predicted octanol–water partition coefficient (Wildman–Crippen LogP) is 12.0. The number of furan rings is 1. The Kier molecular flexibility index (Phi) is 6.15. The molecule has 3 heterocycles. The van der Waals surface area contributed by atoms with Crippen molar-refractivity contribution < 1.29 is 8.83 Å². The molecule has 6 nitrogen and oxygen atoms in total. The summed E-state index contributed by atoms with van der Waals surface area (Å²) in [6.45, 7) is 0. The minimum atomic E-state index is 0.575. The summed E-state index contributed by atoms with van der Waals surface area (Å²) >= 11 is 0. The highest BCUT2D eigenvalue weighted by Crippen LogP contribution is 2.42. The molecule has 11 aromatic rings. The highest BCUT2D eigenvalue weighted by atomic mass is 16.3. The van der Waals surface area contributed by atoms with Gasteiger partial charge in [-0.15, -0.1) is 0 Å². The molecule has 52 heavy (non-hydrogen) atoms. The number of rotatable bonds is 4. The van der Waals surface area contributed by atoms with Gasteiger partial charge in [-0.25, -0.2) is 19.9 Å². The molecule has 0 saturated heterocycles. The largest absolute Gasteiger partial charge is 0.456 e. The highest BCUT2D eigenvalue weighted by Gasteiger charge is 2.20. The van der Waals surface area contributed by atoms with Crippen LogP contribution in [0.2, 0.25) is 0 Å². The molecular formula is C46H26N4O2. The summed E-state index contributed by atoms with van der Waals surface area (Å²) in [6.07, 6.45) is 0. The molecule has 0 spiro atoms. The van der Waals surface area contributed by atoms with Crippen LogP contribution in [0.15, 0.2) is 167 Å². The zero-order valence-corrected chi connectivity index (χ0v) is 27.6. The van der Waals surface area contributed by atoms with Crippen molar-refractivity contribution in [1.82, 2.24) is 19.9 Å².